The number of hydrogen-bond donors (Lipinski definition) is 3. The van der Waals surface area contributed by atoms with Gasteiger partial charge in [-0.1, -0.05) is 57.2 Å². The van der Waals surface area contributed by atoms with Crippen molar-refractivity contribution in [1.29, 1.82) is 0 Å². The summed E-state index contributed by atoms with van der Waals surface area (Å²) in [5, 5.41) is 4.44. The second-order valence-electron chi connectivity index (χ2n) is 9.72. The largest absolute Gasteiger partial charge is 0.355 e. The lowest BCUT2D eigenvalue weighted by atomic mass is 10.0. The van der Waals surface area contributed by atoms with Crippen LogP contribution in [0.3, 0.4) is 0 Å². The van der Waals surface area contributed by atoms with Gasteiger partial charge in [0.2, 0.25) is 5.91 Å². The molecule has 0 radical (unpaired) electrons. The lowest BCUT2D eigenvalue weighted by Crippen LogP contribution is -2.41. The zero-order valence-electron chi connectivity index (χ0n) is 23.1. The molecule has 7 nitrogen and oxygen atoms in total. The molecule has 1 amide bonds. The number of fused-ring (bicyclic) bond motifs is 2. The number of amidine groups is 1. The van der Waals surface area contributed by atoms with E-state index in [1.807, 2.05) is 50.8 Å². The molecule has 0 saturated heterocycles. The Morgan fingerprint density at radius 2 is 1.84 bits per heavy atom. The summed E-state index contributed by atoms with van der Waals surface area (Å²) in [6, 6.07) is 18.8. The highest BCUT2D eigenvalue weighted by atomic mass is 16.2. The summed E-state index contributed by atoms with van der Waals surface area (Å²) >= 11 is 0. The average Bonchev–Trinajstić information content (AvgIpc) is 3.27. The van der Waals surface area contributed by atoms with Crippen LogP contribution in [0.1, 0.15) is 70.2 Å². The number of carbonyl (C=O) groups excluding carboxylic acids is 1. The van der Waals surface area contributed by atoms with E-state index in [9.17, 15) is 4.79 Å². The maximum atomic E-state index is 12.9. The maximum Gasteiger partial charge on any atom is 0.223 e. The molecule has 0 spiro atoms. The third kappa shape index (κ3) is 6.40. The number of aromatic amines is 1. The van der Waals surface area contributed by atoms with Gasteiger partial charge in [0.15, 0.2) is 0 Å². The van der Waals surface area contributed by atoms with Gasteiger partial charge >= 0.3 is 0 Å². The number of amides is 1. The second kappa shape index (κ2) is 12.7. The molecule has 1 aromatic heterocycles. The van der Waals surface area contributed by atoms with Crippen LogP contribution in [0.2, 0.25) is 0 Å². The van der Waals surface area contributed by atoms with E-state index < -0.39 is 0 Å². The fraction of sp³-hybridized carbons (Fsp3) is 0.387. The van der Waals surface area contributed by atoms with E-state index in [1.54, 1.807) is 0 Å². The number of rotatable bonds is 7. The first kappa shape index (κ1) is 27.3. The fourth-order valence-electron chi connectivity index (χ4n) is 4.87. The topological polar surface area (TPSA) is 98.9 Å². The van der Waals surface area contributed by atoms with Gasteiger partial charge in [0.1, 0.15) is 11.5 Å². The van der Waals surface area contributed by atoms with Gasteiger partial charge in [-0.2, -0.15) is 0 Å². The van der Waals surface area contributed by atoms with Crippen molar-refractivity contribution in [2.75, 3.05) is 6.54 Å². The molecule has 2 aliphatic rings. The van der Waals surface area contributed by atoms with E-state index >= 15 is 0 Å². The Balaban J connectivity index is 0.00000164. The normalized spacial score (nSPS) is 16.9. The molecule has 3 heterocycles. The summed E-state index contributed by atoms with van der Waals surface area (Å²) in [6.45, 7) is 9.84. The Morgan fingerprint density at radius 1 is 1.08 bits per heavy atom. The van der Waals surface area contributed by atoms with Crippen LogP contribution in [0.25, 0.3) is 16.5 Å². The molecule has 0 fully saturated rings. The molecule has 0 saturated carbocycles. The molecule has 1 unspecified atom stereocenters. The van der Waals surface area contributed by atoms with Crippen molar-refractivity contribution in [2.24, 2.45) is 15.7 Å². The number of allylic oxidation sites excluding steroid dienone is 1. The van der Waals surface area contributed by atoms with Crippen LogP contribution in [0.4, 0.5) is 0 Å². The van der Waals surface area contributed by atoms with E-state index in [1.165, 1.54) is 0 Å². The molecular weight excluding hydrogens is 472 g/mol. The lowest BCUT2D eigenvalue weighted by Gasteiger charge is -2.23. The van der Waals surface area contributed by atoms with Crippen LogP contribution >= 0.6 is 0 Å². The van der Waals surface area contributed by atoms with Crippen LogP contribution in [0.5, 0.6) is 0 Å². The van der Waals surface area contributed by atoms with Gasteiger partial charge in [-0.25, -0.2) is 0 Å². The number of H-pyrrole nitrogens is 1. The Hall–Kier alpha value is -3.71. The van der Waals surface area contributed by atoms with Crippen molar-refractivity contribution in [2.45, 2.75) is 72.6 Å². The lowest BCUT2D eigenvalue weighted by molar-refractivity contribution is -0.132. The first-order valence-corrected chi connectivity index (χ1v) is 13.8. The van der Waals surface area contributed by atoms with Crippen LogP contribution in [0, 0.1) is 0 Å². The first-order valence-electron chi connectivity index (χ1n) is 13.8. The number of nitrogens with zero attached hydrogens (tertiary/aromatic N) is 3. The van der Waals surface area contributed by atoms with E-state index in [4.69, 9.17) is 10.7 Å². The summed E-state index contributed by atoms with van der Waals surface area (Å²) in [4.78, 5) is 28.0. The molecule has 2 aliphatic heterocycles. The molecule has 2 aromatic carbocycles. The van der Waals surface area contributed by atoms with Gasteiger partial charge in [0.05, 0.1) is 12.7 Å². The van der Waals surface area contributed by atoms with Crippen molar-refractivity contribution in [3.8, 4) is 0 Å². The quantitative estimate of drug-likeness (QED) is 0.374. The summed E-state index contributed by atoms with van der Waals surface area (Å²) in [5.41, 5.74) is 13.6. The third-order valence-corrected chi connectivity index (χ3v) is 6.72. The number of aromatic nitrogens is 1. The highest BCUT2D eigenvalue weighted by Gasteiger charge is 2.25. The minimum Gasteiger partial charge on any atom is -0.355 e. The van der Waals surface area contributed by atoms with Crippen molar-refractivity contribution >= 4 is 33.9 Å². The van der Waals surface area contributed by atoms with Crippen LogP contribution in [0.15, 0.2) is 70.3 Å². The number of nitrogens with two attached hydrogens (primary N) is 1. The highest BCUT2D eigenvalue weighted by molar-refractivity contribution is 6.10. The zero-order chi connectivity index (χ0) is 27.1. The molecular formula is C31H40N6O. The molecule has 200 valence electrons. The number of aliphatic imine (C=N–C) groups is 2. The van der Waals surface area contributed by atoms with E-state index in [-0.39, 0.29) is 12.1 Å². The Bertz CT molecular complexity index is 1350. The number of carbonyl (C=O) groups is 1. The highest BCUT2D eigenvalue weighted by Crippen LogP contribution is 2.31. The molecule has 5 rings (SSSR count). The zero-order valence-corrected chi connectivity index (χ0v) is 23.1. The van der Waals surface area contributed by atoms with E-state index in [2.05, 4.69) is 51.7 Å². The number of nitrogens with one attached hydrogen (secondary N) is 2. The van der Waals surface area contributed by atoms with Crippen molar-refractivity contribution < 1.29 is 4.79 Å². The Kier molecular flexibility index (Phi) is 9.13. The molecule has 1 atom stereocenters. The maximum absolute atomic E-state index is 12.9. The second-order valence-corrected chi connectivity index (χ2v) is 9.72. The Morgan fingerprint density at radius 3 is 2.61 bits per heavy atom. The van der Waals surface area contributed by atoms with Crippen molar-refractivity contribution in [3.63, 3.8) is 0 Å². The van der Waals surface area contributed by atoms with Crippen LogP contribution in [-0.2, 0) is 17.9 Å². The monoisotopic (exact) mass is 512 g/mol. The Labute approximate surface area is 225 Å². The van der Waals surface area contributed by atoms with Gasteiger partial charge in [0, 0.05) is 47.4 Å². The summed E-state index contributed by atoms with van der Waals surface area (Å²) in [5.74, 6) is 0.966. The van der Waals surface area contributed by atoms with Gasteiger partial charge < -0.3 is 20.9 Å². The van der Waals surface area contributed by atoms with Crippen molar-refractivity contribution in [3.05, 3.63) is 77.1 Å². The molecule has 0 aliphatic carbocycles. The van der Waals surface area contributed by atoms with Crippen molar-refractivity contribution in [1.82, 2.24) is 15.2 Å². The SMILES string of the molecule is CC.CCCC(=O)N(Cc1ccccc1)Cc1ccc2[nH]c(C3=C4N=C(C)CN=C4NC(N)CC3)cc2c1. The van der Waals surface area contributed by atoms with Crippen LogP contribution in [-0.4, -0.2) is 40.0 Å². The average molecular weight is 513 g/mol. The minimum atomic E-state index is -0.142. The standard InChI is InChI=1S/C29H34N6O.C2H6/c1-3-7-27(36)35(17-20-8-5-4-6-9-20)18-21-10-12-24-22(14-21)15-25(33-24)23-11-13-26(30)34-29-28(23)32-19(2)16-31-29;1-2/h4-6,8-10,12,14-15,26,33H,3,7,11,13,16-18,30H2,1-2H3,(H,31,34);1-2H3. The summed E-state index contributed by atoms with van der Waals surface area (Å²) in [6.07, 6.45) is 2.88. The van der Waals surface area contributed by atoms with Gasteiger partial charge in [-0.3, -0.25) is 14.8 Å². The predicted octanol–water partition coefficient (Wildman–Crippen LogP) is 5.78. The smallest absolute Gasteiger partial charge is 0.223 e. The van der Waals surface area contributed by atoms with Gasteiger partial charge in [0.25, 0.3) is 0 Å². The van der Waals surface area contributed by atoms with Gasteiger partial charge in [-0.05, 0) is 55.5 Å². The number of hydrogen-bond acceptors (Lipinski definition) is 5. The minimum absolute atomic E-state index is 0.142. The molecule has 38 heavy (non-hydrogen) atoms. The fourth-order valence-corrected chi connectivity index (χ4v) is 4.87. The third-order valence-electron chi connectivity index (χ3n) is 6.72. The first-order chi connectivity index (χ1) is 18.5. The molecule has 4 N–H and O–H groups in total. The van der Waals surface area contributed by atoms with E-state index in [0.717, 1.165) is 69.8 Å². The predicted molar refractivity (Wildman–Crippen MR) is 158 cm³/mol. The number of benzene rings is 2. The van der Waals surface area contributed by atoms with Gasteiger partial charge in [-0.15, -0.1) is 0 Å². The van der Waals surface area contributed by atoms with Crippen LogP contribution < -0.4 is 11.1 Å². The molecule has 0 bridgehead atoms. The summed E-state index contributed by atoms with van der Waals surface area (Å²) < 4.78 is 0. The summed E-state index contributed by atoms with van der Waals surface area (Å²) in [7, 11) is 0. The molecule has 7 heteroatoms. The van der Waals surface area contributed by atoms with E-state index in [0.29, 0.717) is 26.1 Å². The molecule has 3 aromatic rings.